The van der Waals surface area contributed by atoms with Gasteiger partial charge in [-0.05, 0) is 38.3 Å². The number of rotatable bonds is 6. The molecule has 0 aliphatic heterocycles. The molecule has 0 aliphatic rings. The zero-order valence-electron chi connectivity index (χ0n) is 11.2. The van der Waals surface area contributed by atoms with Crippen molar-refractivity contribution in [2.45, 2.75) is 27.7 Å². The fourth-order valence-corrected chi connectivity index (χ4v) is 1.29. The molecule has 0 saturated heterocycles. The van der Waals surface area contributed by atoms with Gasteiger partial charge in [0.2, 0.25) is 0 Å². The van der Waals surface area contributed by atoms with Gasteiger partial charge in [0.05, 0.1) is 0 Å². The van der Waals surface area contributed by atoms with Crippen LogP contribution in [0.4, 0.5) is 0 Å². The quantitative estimate of drug-likeness (QED) is 0.539. The lowest BCUT2D eigenvalue weighted by atomic mass is 9.97. The smallest absolute Gasteiger partial charge is 0.0330 e. The van der Waals surface area contributed by atoms with Gasteiger partial charge in [-0.15, -0.1) is 0 Å². The Bertz CT molecular complexity index is 322. The fourth-order valence-electron chi connectivity index (χ4n) is 1.29. The van der Waals surface area contributed by atoms with Gasteiger partial charge in [-0.2, -0.15) is 0 Å². The van der Waals surface area contributed by atoms with Gasteiger partial charge in [0.1, 0.15) is 0 Å². The van der Waals surface area contributed by atoms with Crippen molar-refractivity contribution in [3.63, 3.8) is 0 Å². The van der Waals surface area contributed by atoms with Crippen LogP contribution >= 0.6 is 0 Å². The molecule has 0 aromatic heterocycles. The van der Waals surface area contributed by atoms with Crippen LogP contribution < -0.4 is 5.32 Å². The molecule has 0 fully saturated rings. The highest BCUT2D eigenvalue weighted by molar-refractivity contribution is 5.93. The fraction of sp³-hybridized carbons (Fsp3) is 0.500. The molecule has 2 heteroatoms. The van der Waals surface area contributed by atoms with E-state index in [1.165, 1.54) is 0 Å². The average molecular weight is 220 g/mol. The second-order valence-electron chi connectivity index (χ2n) is 4.28. The van der Waals surface area contributed by atoms with Gasteiger partial charge in [-0.1, -0.05) is 25.7 Å². The lowest BCUT2D eigenvalue weighted by Gasteiger charge is -2.16. The summed E-state index contributed by atoms with van der Waals surface area (Å²) in [5.41, 5.74) is 4.32. The molecule has 1 N–H and O–H groups in total. The highest BCUT2D eigenvalue weighted by atomic mass is 14.9. The van der Waals surface area contributed by atoms with E-state index in [0.717, 1.165) is 29.1 Å². The van der Waals surface area contributed by atoms with Crippen molar-refractivity contribution in [3.8, 4) is 0 Å². The predicted molar refractivity (Wildman–Crippen MR) is 73.9 cm³/mol. The number of aliphatic imine (C=N–C) groups is 1. The number of nitrogens with zero attached hydrogens (tertiary/aromatic N) is 1. The van der Waals surface area contributed by atoms with E-state index in [2.05, 4.69) is 30.4 Å². The first kappa shape index (κ1) is 14.7. The van der Waals surface area contributed by atoms with Crippen molar-refractivity contribution in [1.82, 2.24) is 5.32 Å². The molecule has 0 saturated carbocycles. The standard InChI is InChI=1S/C14H24N2/c1-10(2)14(6)11(3)9-16-13(5)8-12(4)15-7/h8,11,16H,1,6,9H2,2-5,7H3. The molecule has 0 aromatic carbocycles. The molecular weight excluding hydrogens is 196 g/mol. The summed E-state index contributed by atoms with van der Waals surface area (Å²) < 4.78 is 0. The Morgan fingerprint density at radius 2 is 1.88 bits per heavy atom. The van der Waals surface area contributed by atoms with Crippen LogP contribution in [0.3, 0.4) is 0 Å². The monoisotopic (exact) mass is 220 g/mol. The van der Waals surface area contributed by atoms with E-state index >= 15 is 0 Å². The zero-order valence-corrected chi connectivity index (χ0v) is 11.2. The number of allylic oxidation sites excluding steroid dienone is 3. The molecule has 0 spiro atoms. The Labute approximate surface area is 99.9 Å². The van der Waals surface area contributed by atoms with E-state index < -0.39 is 0 Å². The van der Waals surface area contributed by atoms with E-state index in [0.29, 0.717) is 5.92 Å². The summed E-state index contributed by atoms with van der Waals surface area (Å²) in [5.74, 6) is 0.403. The third-order valence-electron chi connectivity index (χ3n) is 2.61. The molecule has 1 atom stereocenters. The van der Waals surface area contributed by atoms with Crippen molar-refractivity contribution < 1.29 is 0 Å². The van der Waals surface area contributed by atoms with Gasteiger partial charge in [0.25, 0.3) is 0 Å². The van der Waals surface area contributed by atoms with Crippen molar-refractivity contribution in [2.75, 3.05) is 13.6 Å². The summed E-state index contributed by atoms with van der Waals surface area (Å²) in [4.78, 5) is 4.09. The summed E-state index contributed by atoms with van der Waals surface area (Å²) in [5, 5.41) is 3.36. The Kier molecular flexibility index (Phi) is 6.47. The SMILES string of the molecule is C=C(C)C(=C)C(C)CNC(C)=CC(C)=NC. The summed E-state index contributed by atoms with van der Waals surface area (Å²) in [6.07, 6.45) is 2.04. The lowest BCUT2D eigenvalue weighted by Crippen LogP contribution is -2.21. The summed E-state index contributed by atoms with van der Waals surface area (Å²) in [6, 6.07) is 0. The second-order valence-corrected chi connectivity index (χ2v) is 4.28. The van der Waals surface area contributed by atoms with E-state index in [9.17, 15) is 0 Å². The van der Waals surface area contributed by atoms with Crippen LogP contribution in [0.25, 0.3) is 0 Å². The Hall–Kier alpha value is -1.31. The molecule has 0 rings (SSSR count). The normalized spacial score (nSPS) is 14.6. The first-order valence-electron chi connectivity index (χ1n) is 5.58. The summed E-state index contributed by atoms with van der Waals surface area (Å²) in [6.45, 7) is 17.0. The maximum Gasteiger partial charge on any atom is 0.0330 e. The molecule has 1 unspecified atom stereocenters. The molecule has 0 amide bonds. The van der Waals surface area contributed by atoms with Gasteiger partial charge in [-0.3, -0.25) is 4.99 Å². The minimum atomic E-state index is 0.403. The average Bonchev–Trinajstić information content (AvgIpc) is 2.24. The van der Waals surface area contributed by atoms with Crippen molar-refractivity contribution in [3.05, 3.63) is 36.1 Å². The minimum Gasteiger partial charge on any atom is -0.388 e. The molecule has 0 aliphatic carbocycles. The molecule has 0 radical (unpaired) electrons. The first-order valence-corrected chi connectivity index (χ1v) is 5.58. The number of nitrogens with one attached hydrogen (secondary N) is 1. The first-order chi connectivity index (χ1) is 7.38. The maximum absolute atomic E-state index is 4.09. The molecule has 0 bridgehead atoms. The highest BCUT2D eigenvalue weighted by Gasteiger charge is 2.06. The largest absolute Gasteiger partial charge is 0.388 e. The van der Waals surface area contributed by atoms with Crippen molar-refractivity contribution in [2.24, 2.45) is 10.9 Å². The van der Waals surface area contributed by atoms with E-state index in [-0.39, 0.29) is 0 Å². The van der Waals surface area contributed by atoms with Crippen LogP contribution in [0.15, 0.2) is 41.1 Å². The van der Waals surface area contributed by atoms with Crippen molar-refractivity contribution in [1.29, 1.82) is 0 Å². The lowest BCUT2D eigenvalue weighted by molar-refractivity contribution is 0.627. The van der Waals surface area contributed by atoms with Crippen LogP contribution in [0.2, 0.25) is 0 Å². The van der Waals surface area contributed by atoms with Gasteiger partial charge in [0.15, 0.2) is 0 Å². The van der Waals surface area contributed by atoms with E-state index in [4.69, 9.17) is 0 Å². The predicted octanol–water partition coefficient (Wildman–Crippen LogP) is 3.34. The van der Waals surface area contributed by atoms with Crippen LogP contribution in [-0.2, 0) is 0 Å². The molecule has 2 nitrogen and oxygen atoms in total. The highest BCUT2D eigenvalue weighted by Crippen LogP contribution is 2.14. The zero-order chi connectivity index (χ0) is 12.7. The van der Waals surface area contributed by atoms with Gasteiger partial charge < -0.3 is 5.32 Å². The third-order valence-corrected chi connectivity index (χ3v) is 2.61. The van der Waals surface area contributed by atoms with Crippen LogP contribution in [0.5, 0.6) is 0 Å². The van der Waals surface area contributed by atoms with Gasteiger partial charge in [-0.25, -0.2) is 0 Å². The van der Waals surface area contributed by atoms with E-state index in [1.54, 1.807) is 7.05 Å². The molecule has 90 valence electrons. The second kappa shape index (κ2) is 7.04. The van der Waals surface area contributed by atoms with Crippen LogP contribution in [0, 0.1) is 5.92 Å². The number of hydrogen-bond acceptors (Lipinski definition) is 2. The summed E-state index contributed by atoms with van der Waals surface area (Å²) in [7, 11) is 1.80. The third kappa shape index (κ3) is 5.54. The Balaban J connectivity index is 4.21. The van der Waals surface area contributed by atoms with Crippen LogP contribution in [-0.4, -0.2) is 19.3 Å². The topological polar surface area (TPSA) is 24.4 Å². The Morgan fingerprint density at radius 1 is 1.31 bits per heavy atom. The molecule has 0 heterocycles. The molecule has 0 aromatic rings. The minimum absolute atomic E-state index is 0.403. The molecule has 16 heavy (non-hydrogen) atoms. The maximum atomic E-state index is 4.09. The summed E-state index contributed by atoms with van der Waals surface area (Å²) >= 11 is 0. The van der Waals surface area contributed by atoms with E-state index in [1.807, 2.05) is 26.8 Å². The van der Waals surface area contributed by atoms with Crippen LogP contribution in [0.1, 0.15) is 27.7 Å². The van der Waals surface area contributed by atoms with Gasteiger partial charge >= 0.3 is 0 Å². The number of hydrogen-bond donors (Lipinski definition) is 1. The van der Waals surface area contributed by atoms with Crippen molar-refractivity contribution >= 4 is 5.71 Å². The van der Waals surface area contributed by atoms with Gasteiger partial charge in [0, 0.05) is 25.0 Å². The Morgan fingerprint density at radius 3 is 2.31 bits per heavy atom. The molecular formula is C14H24N2.